The monoisotopic (exact) mass is 292 g/mol. The van der Waals surface area contributed by atoms with Crippen molar-refractivity contribution in [2.45, 2.75) is 6.92 Å². The molecular weight excluding hydrogens is 280 g/mol. The summed E-state index contributed by atoms with van der Waals surface area (Å²) in [7, 11) is 0. The van der Waals surface area contributed by atoms with E-state index in [1.165, 1.54) is 12.3 Å². The molecule has 0 aliphatic carbocycles. The molecule has 1 aromatic carbocycles. The van der Waals surface area contributed by atoms with Gasteiger partial charge in [-0.2, -0.15) is 0 Å². The van der Waals surface area contributed by atoms with Crippen LogP contribution in [0.1, 0.15) is 17.3 Å². The molecule has 0 fully saturated rings. The fourth-order valence-electron chi connectivity index (χ4n) is 1.67. The summed E-state index contributed by atoms with van der Waals surface area (Å²) in [4.78, 5) is 26.1. The lowest BCUT2D eigenvalue weighted by Crippen LogP contribution is -2.23. The molecular formula is C14H13ClN2O3. The Bertz CT molecular complexity index is 682. The van der Waals surface area contributed by atoms with E-state index in [4.69, 9.17) is 16.3 Å². The first-order valence-corrected chi connectivity index (χ1v) is 6.41. The maximum Gasteiger partial charge on any atom is 0.261 e. The molecule has 0 saturated carbocycles. The lowest BCUT2D eigenvalue weighted by molar-refractivity contribution is 0.102. The first kappa shape index (κ1) is 14.1. The highest BCUT2D eigenvalue weighted by Gasteiger charge is 2.13. The van der Waals surface area contributed by atoms with Gasteiger partial charge < -0.3 is 15.0 Å². The fourth-order valence-corrected chi connectivity index (χ4v) is 1.83. The van der Waals surface area contributed by atoms with Crippen LogP contribution in [0.5, 0.6) is 5.75 Å². The van der Waals surface area contributed by atoms with Crippen LogP contribution < -0.4 is 15.6 Å². The van der Waals surface area contributed by atoms with E-state index in [1.807, 2.05) is 6.92 Å². The van der Waals surface area contributed by atoms with Gasteiger partial charge in [0.2, 0.25) is 0 Å². The summed E-state index contributed by atoms with van der Waals surface area (Å²) < 4.78 is 5.40. The summed E-state index contributed by atoms with van der Waals surface area (Å²) in [5.41, 5.74) is -0.0525. The molecule has 5 nitrogen and oxygen atoms in total. The normalized spacial score (nSPS) is 10.1. The van der Waals surface area contributed by atoms with Gasteiger partial charge in [0.15, 0.2) is 0 Å². The quantitative estimate of drug-likeness (QED) is 0.910. The highest BCUT2D eigenvalue weighted by molar-refractivity contribution is 6.30. The van der Waals surface area contributed by atoms with Crippen molar-refractivity contribution in [3.63, 3.8) is 0 Å². The number of halogens is 1. The summed E-state index contributed by atoms with van der Waals surface area (Å²) in [5.74, 6) is 0.00251. The number of pyridine rings is 1. The summed E-state index contributed by atoms with van der Waals surface area (Å²) in [5, 5.41) is 2.92. The third kappa shape index (κ3) is 3.19. The van der Waals surface area contributed by atoms with Crippen LogP contribution >= 0.6 is 11.6 Å². The number of rotatable bonds is 4. The molecule has 0 aliphatic heterocycles. The molecule has 6 heteroatoms. The van der Waals surface area contributed by atoms with Gasteiger partial charge in [-0.05, 0) is 25.1 Å². The summed E-state index contributed by atoms with van der Waals surface area (Å²) in [6, 6.07) is 8.31. The second kappa shape index (κ2) is 6.25. The van der Waals surface area contributed by atoms with E-state index in [0.717, 1.165) is 0 Å². The molecule has 104 valence electrons. The first-order chi connectivity index (χ1) is 9.61. The van der Waals surface area contributed by atoms with Crippen LogP contribution in [-0.2, 0) is 0 Å². The Labute approximate surface area is 120 Å². The van der Waals surface area contributed by atoms with Crippen LogP contribution in [0.2, 0.25) is 5.02 Å². The Morgan fingerprint density at radius 2 is 2.15 bits per heavy atom. The molecule has 0 aliphatic rings. The van der Waals surface area contributed by atoms with Crippen molar-refractivity contribution >= 4 is 23.2 Å². The van der Waals surface area contributed by atoms with Crippen LogP contribution in [0, 0.1) is 0 Å². The predicted octanol–water partition coefficient (Wildman–Crippen LogP) is 2.68. The standard InChI is InChI=1S/C14H13ClN2O3/c1-2-20-12-6-4-3-5-11(12)17-14(19)10-7-9(15)8-16-13(10)18/h3-8H,2H2,1H3,(H,16,18)(H,17,19). The first-order valence-electron chi connectivity index (χ1n) is 6.03. The molecule has 2 rings (SSSR count). The molecule has 0 spiro atoms. The van der Waals surface area contributed by atoms with Crippen molar-refractivity contribution in [2.75, 3.05) is 11.9 Å². The second-order valence-electron chi connectivity index (χ2n) is 3.94. The van der Waals surface area contributed by atoms with Gasteiger partial charge in [0.25, 0.3) is 11.5 Å². The number of anilines is 1. The van der Waals surface area contributed by atoms with Crippen LogP contribution in [-0.4, -0.2) is 17.5 Å². The van der Waals surface area contributed by atoms with E-state index >= 15 is 0 Å². The van der Waals surface area contributed by atoms with Crippen molar-refractivity contribution in [1.29, 1.82) is 0 Å². The molecule has 0 unspecified atom stereocenters. The summed E-state index contributed by atoms with van der Waals surface area (Å²) in [6.07, 6.45) is 1.33. The number of H-pyrrole nitrogens is 1. The summed E-state index contributed by atoms with van der Waals surface area (Å²) >= 11 is 5.77. The van der Waals surface area contributed by atoms with Gasteiger partial charge >= 0.3 is 0 Å². The number of hydrogen-bond donors (Lipinski definition) is 2. The molecule has 0 saturated heterocycles. The van der Waals surface area contributed by atoms with Crippen LogP contribution in [0.3, 0.4) is 0 Å². The highest BCUT2D eigenvalue weighted by Crippen LogP contribution is 2.24. The van der Waals surface area contributed by atoms with Crippen LogP contribution in [0.25, 0.3) is 0 Å². The smallest absolute Gasteiger partial charge is 0.261 e. The van der Waals surface area contributed by atoms with Gasteiger partial charge in [-0.15, -0.1) is 0 Å². The molecule has 2 N–H and O–H groups in total. The van der Waals surface area contributed by atoms with Crippen molar-refractivity contribution in [1.82, 2.24) is 4.98 Å². The Morgan fingerprint density at radius 3 is 2.90 bits per heavy atom. The molecule has 0 atom stereocenters. The number of nitrogens with one attached hydrogen (secondary N) is 2. The van der Waals surface area contributed by atoms with Gasteiger partial charge in [-0.3, -0.25) is 9.59 Å². The SMILES string of the molecule is CCOc1ccccc1NC(=O)c1cc(Cl)c[nH]c1=O. The zero-order valence-electron chi connectivity index (χ0n) is 10.8. The third-order valence-corrected chi connectivity index (χ3v) is 2.77. The van der Waals surface area contributed by atoms with Crippen molar-refractivity contribution in [2.24, 2.45) is 0 Å². The lowest BCUT2D eigenvalue weighted by Gasteiger charge is -2.10. The molecule has 2 aromatic rings. The van der Waals surface area contributed by atoms with Crippen molar-refractivity contribution < 1.29 is 9.53 Å². The number of aromatic nitrogens is 1. The molecule has 1 amide bonds. The van der Waals surface area contributed by atoms with Gasteiger partial charge in [0.05, 0.1) is 17.3 Å². The number of hydrogen-bond acceptors (Lipinski definition) is 3. The lowest BCUT2D eigenvalue weighted by atomic mass is 10.2. The second-order valence-corrected chi connectivity index (χ2v) is 4.38. The zero-order valence-corrected chi connectivity index (χ0v) is 11.5. The number of para-hydroxylation sites is 2. The van der Waals surface area contributed by atoms with E-state index < -0.39 is 11.5 Å². The Morgan fingerprint density at radius 1 is 1.40 bits per heavy atom. The van der Waals surface area contributed by atoms with Gasteiger partial charge in [-0.1, -0.05) is 23.7 Å². The van der Waals surface area contributed by atoms with Gasteiger partial charge in [0.1, 0.15) is 11.3 Å². The van der Waals surface area contributed by atoms with Gasteiger partial charge in [-0.25, -0.2) is 0 Å². The number of aromatic amines is 1. The van der Waals surface area contributed by atoms with Crippen LogP contribution in [0.4, 0.5) is 5.69 Å². The number of ether oxygens (including phenoxy) is 1. The van der Waals surface area contributed by atoms with E-state index in [-0.39, 0.29) is 10.6 Å². The number of benzene rings is 1. The minimum atomic E-state index is -0.541. The van der Waals surface area contributed by atoms with Crippen LogP contribution in [0.15, 0.2) is 41.3 Å². The fraction of sp³-hybridized carbons (Fsp3) is 0.143. The third-order valence-electron chi connectivity index (χ3n) is 2.55. The number of carbonyl (C=O) groups excluding carboxylic acids is 1. The molecule has 0 bridgehead atoms. The molecule has 20 heavy (non-hydrogen) atoms. The average molecular weight is 293 g/mol. The molecule has 0 radical (unpaired) electrons. The van der Waals surface area contributed by atoms with Gasteiger partial charge in [0, 0.05) is 6.20 Å². The van der Waals surface area contributed by atoms with E-state index in [2.05, 4.69) is 10.3 Å². The zero-order chi connectivity index (χ0) is 14.5. The van der Waals surface area contributed by atoms with E-state index in [9.17, 15) is 9.59 Å². The number of amides is 1. The maximum absolute atomic E-state index is 12.1. The van der Waals surface area contributed by atoms with E-state index in [1.54, 1.807) is 24.3 Å². The Hall–Kier alpha value is -2.27. The molecule has 1 heterocycles. The van der Waals surface area contributed by atoms with Crippen molar-refractivity contribution in [3.8, 4) is 5.75 Å². The highest BCUT2D eigenvalue weighted by atomic mass is 35.5. The number of carbonyl (C=O) groups is 1. The maximum atomic E-state index is 12.1. The van der Waals surface area contributed by atoms with E-state index in [0.29, 0.717) is 18.0 Å². The Balaban J connectivity index is 2.28. The van der Waals surface area contributed by atoms with Crippen molar-refractivity contribution in [3.05, 3.63) is 57.5 Å². The minimum absolute atomic E-state index is 0.0520. The average Bonchev–Trinajstić information content (AvgIpc) is 2.44. The topological polar surface area (TPSA) is 71.2 Å². The largest absolute Gasteiger partial charge is 0.492 e. The molecule has 1 aromatic heterocycles. The predicted molar refractivity (Wildman–Crippen MR) is 77.6 cm³/mol. The Kier molecular flexibility index (Phi) is 4.42. The summed E-state index contributed by atoms with van der Waals surface area (Å²) in [6.45, 7) is 2.32. The minimum Gasteiger partial charge on any atom is -0.492 e.